The fourth-order valence-electron chi connectivity index (χ4n) is 3.59. The summed E-state index contributed by atoms with van der Waals surface area (Å²) in [4.78, 5) is 14.8. The lowest BCUT2D eigenvalue weighted by atomic mass is 10.2. The second-order valence-corrected chi connectivity index (χ2v) is 6.80. The first-order valence-corrected chi connectivity index (χ1v) is 8.92. The van der Waals surface area contributed by atoms with Crippen molar-refractivity contribution in [3.63, 3.8) is 0 Å². The second-order valence-electron chi connectivity index (χ2n) is 6.80. The van der Waals surface area contributed by atoms with Crippen molar-refractivity contribution in [1.82, 2.24) is 14.7 Å². The quantitative estimate of drug-likeness (QED) is 0.785. The van der Waals surface area contributed by atoms with Crippen LogP contribution >= 0.6 is 0 Å². The highest BCUT2D eigenvalue weighted by atomic mass is 16.2. The Morgan fingerprint density at radius 1 is 1.08 bits per heavy atom. The fraction of sp³-hybridized carbons (Fsp3) is 0.400. The summed E-state index contributed by atoms with van der Waals surface area (Å²) in [5.41, 5.74) is 1.98. The third-order valence-corrected chi connectivity index (χ3v) is 4.95. The minimum absolute atomic E-state index is 0.164. The van der Waals surface area contributed by atoms with Gasteiger partial charge in [-0.25, -0.2) is 4.68 Å². The van der Waals surface area contributed by atoms with E-state index in [1.54, 1.807) is 12.3 Å². The Morgan fingerprint density at radius 3 is 2.50 bits per heavy atom. The highest BCUT2D eigenvalue weighted by Gasteiger charge is 2.37. The molecular weight excluding hydrogens is 298 g/mol. The van der Waals surface area contributed by atoms with Gasteiger partial charge in [-0.15, -0.1) is 0 Å². The molecule has 24 heavy (non-hydrogen) atoms. The van der Waals surface area contributed by atoms with Crippen LogP contribution in [0.4, 0.5) is 0 Å². The lowest BCUT2D eigenvalue weighted by Gasteiger charge is -2.27. The molecule has 4 heteroatoms. The number of para-hydroxylation sites is 1. The number of aromatic nitrogens is 2. The normalized spacial score (nSPS) is 18.3. The van der Waals surface area contributed by atoms with E-state index in [9.17, 15) is 4.79 Å². The van der Waals surface area contributed by atoms with Gasteiger partial charge in [0.2, 0.25) is 5.91 Å². The van der Waals surface area contributed by atoms with Crippen LogP contribution in [0.3, 0.4) is 0 Å². The lowest BCUT2D eigenvalue weighted by Crippen LogP contribution is -2.39. The number of benzene rings is 1. The number of amides is 1. The molecule has 1 aromatic carbocycles. The maximum atomic E-state index is 12.7. The van der Waals surface area contributed by atoms with E-state index in [1.165, 1.54) is 38.5 Å². The molecular formula is C20H23N3O. The summed E-state index contributed by atoms with van der Waals surface area (Å²) < 4.78 is 1.83. The molecule has 1 heterocycles. The molecule has 124 valence electrons. The third-order valence-electron chi connectivity index (χ3n) is 4.95. The molecule has 0 radical (unpaired) electrons. The van der Waals surface area contributed by atoms with E-state index in [4.69, 9.17) is 0 Å². The van der Waals surface area contributed by atoms with E-state index in [-0.39, 0.29) is 5.91 Å². The van der Waals surface area contributed by atoms with E-state index in [0.717, 1.165) is 11.3 Å². The van der Waals surface area contributed by atoms with E-state index in [2.05, 4.69) is 10.00 Å². The van der Waals surface area contributed by atoms with Crippen molar-refractivity contribution in [2.45, 2.75) is 50.6 Å². The van der Waals surface area contributed by atoms with Crippen LogP contribution in [0.25, 0.3) is 11.8 Å². The van der Waals surface area contributed by atoms with Gasteiger partial charge in [-0.3, -0.25) is 4.79 Å². The fourth-order valence-corrected chi connectivity index (χ4v) is 3.59. The Bertz CT molecular complexity index is 724. The molecule has 1 aromatic heterocycles. The molecule has 1 amide bonds. The van der Waals surface area contributed by atoms with Gasteiger partial charge in [-0.2, -0.15) is 5.10 Å². The Balaban J connectivity index is 1.46. The van der Waals surface area contributed by atoms with Crippen molar-refractivity contribution >= 4 is 12.0 Å². The zero-order valence-electron chi connectivity index (χ0n) is 13.8. The largest absolute Gasteiger partial charge is 0.333 e. The van der Waals surface area contributed by atoms with Crippen LogP contribution in [0.2, 0.25) is 0 Å². The number of hydrogen-bond acceptors (Lipinski definition) is 2. The van der Waals surface area contributed by atoms with Gasteiger partial charge in [-0.05, 0) is 43.9 Å². The molecule has 2 aliphatic rings. The van der Waals surface area contributed by atoms with Crippen LogP contribution < -0.4 is 0 Å². The van der Waals surface area contributed by atoms with E-state index < -0.39 is 0 Å². The number of carbonyl (C=O) groups is 1. The van der Waals surface area contributed by atoms with Crippen LogP contribution in [-0.2, 0) is 4.79 Å². The highest BCUT2D eigenvalue weighted by molar-refractivity contribution is 5.92. The third kappa shape index (κ3) is 3.28. The van der Waals surface area contributed by atoms with E-state index in [1.807, 2.05) is 47.3 Å². The number of carbonyl (C=O) groups excluding carboxylic acids is 1. The molecule has 0 bridgehead atoms. The van der Waals surface area contributed by atoms with Crippen molar-refractivity contribution < 1.29 is 4.79 Å². The Hall–Kier alpha value is -2.36. The van der Waals surface area contributed by atoms with E-state index >= 15 is 0 Å². The van der Waals surface area contributed by atoms with Crippen molar-refractivity contribution in [2.24, 2.45) is 0 Å². The number of nitrogens with zero attached hydrogens (tertiary/aromatic N) is 3. The van der Waals surface area contributed by atoms with Gasteiger partial charge >= 0.3 is 0 Å². The second kappa shape index (κ2) is 6.63. The average molecular weight is 321 g/mol. The van der Waals surface area contributed by atoms with Gasteiger partial charge in [0, 0.05) is 29.9 Å². The van der Waals surface area contributed by atoms with Crippen LogP contribution in [0, 0.1) is 0 Å². The molecule has 2 fully saturated rings. The Kier molecular flexibility index (Phi) is 4.20. The SMILES string of the molecule is O=C(/C=C/c1cnn(-c2ccccc2)c1)N(C1CCCC1)C1CC1. The Labute approximate surface area is 142 Å². The highest BCUT2D eigenvalue weighted by Crippen LogP contribution is 2.34. The van der Waals surface area contributed by atoms with Gasteiger partial charge in [-0.1, -0.05) is 31.0 Å². The van der Waals surface area contributed by atoms with Gasteiger partial charge in [0.05, 0.1) is 11.9 Å². The van der Waals surface area contributed by atoms with Crippen LogP contribution in [0.5, 0.6) is 0 Å². The zero-order valence-corrected chi connectivity index (χ0v) is 13.8. The predicted octanol–water partition coefficient (Wildman–Crippen LogP) is 3.82. The van der Waals surface area contributed by atoms with Crippen molar-refractivity contribution in [2.75, 3.05) is 0 Å². The molecule has 2 aromatic rings. The first-order valence-electron chi connectivity index (χ1n) is 8.92. The summed E-state index contributed by atoms with van der Waals surface area (Å²) in [6.45, 7) is 0. The van der Waals surface area contributed by atoms with Crippen molar-refractivity contribution in [3.05, 3.63) is 54.4 Å². The van der Waals surface area contributed by atoms with Crippen molar-refractivity contribution in [3.8, 4) is 5.69 Å². The minimum Gasteiger partial charge on any atom is -0.333 e. The summed E-state index contributed by atoms with van der Waals surface area (Å²) in [7, 11) is 0. The molecule has 0 saturated heterocycles. The summed E-state index contributed by atoms with van der Waals surface area (Å²) in [6.07, 6.45) is 14.6. The van der Waals surface area contributed by atoms with Gasteiger partial charge in [0.1, 0.15) is 0 Å². The summed E-state index contributed by atoms with van der Waals surface area (Å²) in [6, 6.07) is 10.9. The molecule has 2 saturated carbocycles. The molecule has 0 spiro atoms. The summed E-state index contributed by atoms with van der Waals surface area (Å²) in [5, 5.41) is 4.37. The standard InChI is InChI=1S/C20H23N3O/c24-20(23(19-11-12-19)18-8-4-5-9-18)13-10-16-14-21-22(15-16)17-6-2-1-3-7-17/h1-3,6-7,10,13-15,18-19H,4-5,8-9,11-12H2/b13-10+. The maximum absolute atomic E-state index is 12.7. The van der Waals surface area contributed by atoms with Gasteiger partial charge < -0.3 is 4.90 Å². The zero-order chi connectivity index (χ0) is 16.4. The number of hydrogen-bond donors (Lipinski definition) is 0. The van der Waals surface area contributed by atoms with E-state index in [0.29, 0.717) is 12.1 Å². The topological polar surface area (TPSA) is 38.1 Å². The molecule has 0 N–H and O–H groups in total. The maximum Gasteiger partial charge on any atom is 0.247 e. The summed E-state index contributed by atoms with van der Waals surface area (Å²) in [5.74, 6) is 0.164. The first-order chi connectivity index (χ1) is 11.8. The molecule has 4 rings (SSSR count). The smallest absolute Gasteiger partial charge is 0.247 e. The van der Waals surface area contributed by atoms with Gasteiger partial charge in [0.25, 0.3) is 0 Å². The first kappa shape index (κ1) is 15.2. The van der Waals surface area contributed by atoms with Crippen LogP contribution in [0.15, 0.2) is 48.8 Å². The average Bonchev–Trinajstić information content (AvgIpc) is 3.11. The van der Waals surface area contributed by atoms with Crippen molar-refractivity contribution in [1.29, 1.82) is 0 Å². The number of rotatable bonds is 5. The molecule has 0 atom stereocenters. The summed E-state index contributed by atoms with van der Waals surface area (Å²) >= 11 is 0. The predicted molar refractivity (Wildman–Crippen MR) is 94.7 cm³/mol. The molecule has 2 aliphatic carbocycles. The lowest BCUT2D eigenvalue weighted by molar-refractivity contribution is -0.128. The molecule has 0 aliphatic heterocycles. The van der Waals surface area contributed by atoms with Crippen LogP contribution in [-0.4, -0.2) is 32.7 Å². The molecule has 4 nitrogen and oxygen atoms in total. The van der Waals surface area contributed by atoms with Gasteiger partial charge in [0.15, 0.2) is 0 Å². The minimum atomic E-state index is 0.164. The monoisotopic (exact) mass is 321 g/mol. The van der Waals surface area contributed by atoms with Crippen LogP contribution in [0.1, 0.15) is 44.1 Å². The Morgan fingerprint density at radius 2 is 1.79 bits per heavy atom. The molecule has 0 unspecified atom stereocenters.